The fraction of sp³-hybridized carbons (Fsp3) is 0.333. The van der Waals surface area contributed by atoms with Crippen molar-refractivity contribution in [3.05, 3.63) is 48.3 Å². The number of aromatic nitrogens is 2. The molecule has 1 aromatic heterocycles. The van der Waals surface area contributed by atoms with Crippen molar-refractivity contribution in [2.75, 3.05) is 18.4 Å². The first-order valence-corrected chi connectivity index (χ1v) is 7.09. The maximum absolute atomic E-state index is 13.8. The van der Waals surface area contributed by atoms with Crippen LogP contribution in [0.1, 0.15) is 12.8 Å². The van der Waals surface area contributed by atoms with Gasteiger partial charge in [0.05, 0.1) is 5.69 Å². The molecule has 1 aromatic carbocycles. The maximum atomic E-state index is 13.8. The molecular formula is C15H17ClF2N4O. The van der Waals surface area contributed by atoms with Crippen LogP contribution in [0.2, 0.25) is 0 Å². The van der Waals surface area contributed by atoms with E-state index in [4.69, 9.17) is 0 Å². The van der Waals surface area contributed by atoms with Gasteiger partial charge in [0.1, 0.15) is 17.2 Å². The van der Waals surface area contributed by atoms with E-state index >= 15 is 0 Å². The molecule has 2 aromatic rings. The summed E-state index contributed by atoms with van der Waals surface area (Å²) in [5.74, 6) is -1.82. The van der Waals surface area contributed by atoms with Crippen LogP contribution in [0.25, 0.3) is 0 Å². The van der Waals surface area contributed by atoms with Gasteiger partial charge in [-0.15, -0.1) is 12.4 Å². The highest BCUT2D eigenvalue weighted by Gasteiger charge is 2.42. The van der Waals surface area contributed by atoms with Gasteiger partial charge in [0, 0.05) is 18.5 Å². The van der Waals surface area contributed by atoms with Crippen LogP contribution in [0.5, 0.6) is 0 Å². The Bertz CT molecular complexity index is 672. The van der Waals surface area contributed by atoms with Crippen LogP contribution >= 0.6 is 12.4 Å². The monoisotopic (exact) mass is 342 g/mol. The molecule has 5 nitrogen and oxygen atoms in total. The molecule has 3 rings (SSSR count). The number of nitrogens with one attached hydrogen (secondary N) is 2. The summed E-state index contributed by atoms with van der Waals surface area (Å²) >= 11 is 0. The van der Waals surface area contributed by atoms with Crippen LogP contribution in [0.15, 0.2) is 36.7 Å². The van der Waals surface area contributed by atoms with Crippen molar-refractivity contribution >= 4 is 24.0 Å². The van der Waals surface area contributed by atoms with Crippen molar-refractivity contribution < 1.29 is 13.6 Å². The molecule has 23 heavy (non-hydrogen) atoms. The summed E-state index contributed by atoms with van der Waals surface area (Å²) in [5.41, 5.74) is -0.897. The highest BCUT2D eigenvalue weighted by atomic mass is 35.5. The third kappa shape index (κ3) is 3.35. The molecule has 0 bridgehead atoms. The number of hydrogen-bond donors (Lipinski definition) is 2. The van der Waals surface area contributed by atoms with Crippen molar-refractivity contribution in [3.63, 3.8) is 0 Å². The number of hydrogen-bond acceptors (Lipinski definition) is 3. The third-order valence-corrected chi connectivity index (χ3v) is 3.98. The summed E-state index contributed by atoms with van der Waals surface area (Å²) in [5, 5.41) is 9.95. The second-order valence-corrected chi connectivity index (χ2v) is 5.31. The molecule has 124 valence electrons. The topological polar surface area (TPSA) is 59.0 Å². The molecule has 0 aliphatic carbocycles. The summed E-state index contributed by atoms with van der Waals surface area (Å²) < 4.78 is 28.3. The number of piperidine rings is 1. The Morgan fingerprint density at radius 3 is 2.65 bits per heavy atom. The Balaban J connectivity index is 0.00000192. The highest BCUT2D eigenvalue weighted by Crippen LogP contribution is 2.29. The molecule has 0 radical (unpaired) electrons. The number of carbonyl (C=O) groups is 1. The second-order valence-electron chi connectivity index (χ2n) is 5.31. The van der Waals surface area contributed by atoms with Crippen molar-refractivity contribution in [1.82, 2.24) is 15.1 Å². The van der Waals surface area contributed by atoms with Crippen LogP contribution < -0.4 is 10.6 Å². The molecule has 1 saturated heterocycles. The van der Waals surface area contributed by atoms with Crippen LogP contribution in [0.4, 0.5) is 14.5 Å². The minimum absolute atomic E-state index is 0. The lowest BCUT2D eigenvalue weighted by atomic mass is 9.87. The van der Waals surface area contributed by atoms with Gasteiger partial charge in [0.2, 0.25) is 0 Å². The summed E-state index contributed by atoms with van der Waals surface area (Å²) in [6, 6.07) is 4.83. The zero-order valence-corrected chi connectivity index (χ0v) is 13.1. The van der Waals surface area contributed by atoms with E-state index in [-0.39, 0.29) is 24.0 Å². The van der Waals surface area contributed by atoms with Gasteiger partial charge in [-0.3, -0.25) is 9.48 Å². The minimum Gasteiger partial charge on any atom is -0.321 e. The number of anilines is 1. The average Bonchev–Trinajstić information content (AvgIpc) is 3.05. The van der Waals surface area contributed by atoms with Gasteiger partial charge in [0.25, 0.3) is 5.91 Å². The predicted octanol–water partition coefficient (Wildman–Crippen LogP) is 2.30. The van der Waals surface area contributed by atoms with Crippen molar-refractivity contribution in [2.24, 2.45) is 0 Å². The first kappa shape index (κ1) is 17.4. The summed E-state index contributed by atoms with van der Waals surface area (Å²) in [6.07, 6.45) is 4.42. The lowest BCUT2D eigenvalue weighted by Gasteiger charge is -2.36. The number of carbonyl (C=O) groups excluding carboxylic acids is 1. The Morgan fingerprint density at radius 1 is 1.30 bits per heavy atom. The predicted molar refractivity (Wildman–Crippen MR) is 84.5 cm³/mol. The van der Waals surface area contributed by atoms with Gasteiger partial charge in [-0.2, -0.15) is 5.10 Å². The average molecular weight is 343 g/mol. The van der Waals surface area contributed by atoms with E-state index in [0.29, 0.717) is 25.9 Å². The van der Waals surface area contributed by atoms with E-state index in [1.807, 2.05) is 0 Å². The fourth-order valence-corrected chi connectivity index (χ4v) is 2.75. The molecule has 1 aliphatic heterocycles. The maximum Gasteiger partial charge on any atom is 0.252 e. The lowest BCUT2D eigenvalue weighted by Crippen LogP contribution is -2.52. The van der Waals surface area contributed by atoms with Gasteiger partial charge in [-0.1, -0.05) is 0 Å². The lowest BCUT2D eigenvalue weighted by molar-refractivity contribution is -0.126. The van der Waals surface area contributed by atoms with Crippen LogP contribution in [-0.2, 0) is 10.3 Å². The molecule has 0 saturated carbocycles. The normalized spacial score (nSPS) is 16.4. The van der Waals surface area contributed by atoms with Crippen LogP contribution in [0, 0.1) is 11.6 Å². The van der Waals surface area contributed by atoms with Crippen molar-refractivity contribution in [3.8, 4) is 0 Å². The molecule has 0 spiro atoms. The number of amides is 1. The molecule has 1 aliphatic rings. The van der Waals surface area contributed by atoms with Crippen molar-refractivity contribution in [2.45, 2.75) is 18.4 Å². The van der Waals surface area contributed by atoms with Crippen LogP contribution in [0.3, 0.4) is 0 Å². The third-order valence-electron chi connectivity index (χ3n) is 3.98. The van der Waals surface area contributed by atoms with Gasteiger partial charge >= 0.3 is 0 Å². The standard InChI is InChI=1S/C15H16F2N4O.ClH/c16-11-2-3-13(12(17)10-11)20-14(22)15(4-7-18-8-5-15)21-9-1-6-19-21;/h1-3,6,9-10,18H,4-5,7-8H2,(H,20,22);1H. The van der Waals surface area contributed by atoms with E-state index < -0.39 is 17.2 Å². The Labute approximate surface area is 138 Å². The van der Waals surface area contributed by atoms with Crippen molar-refractivity contribution in [1.29, 1.82) is 0 Å². The van der Waals surface area contributed by atoms with E-state index in [2.05, 4.69) is 15.7 Å². The second kappa shape index (κ2) is 7.06. The molecule has 0 unspecified atom stereocenters. The van der Waals surface area contributed by atoms with E-state index in [9.17, 15) is 13.6 Å². The van der Waals surface area contributed by atoms with E-state index in [0.717, 1.165) is 12.1 Å². The molecule has 2 N–H and O–H groups in total. The number of nitrogens with zero attached hydrogens (tertiary/aromatic N) is 2. The summed E-state index contributed by atoms with van der Waals surface area (Å²) in [6.45, 7) is 1.33. The van der Waals surface area contributed by atoms with Gasteiger partial charge < -0.3 is 10.6 Å². The molecule has 1 fully saturated rings. The largest absolute Gasteiger partial charge is 0.321 e. The molecular weight excluding hydrogens is 326 g/mol. The molecule has 8 heteroatoms. The van der Waals surface area contributed by atoms with Gasteiger partial charge in [-0.25, -0.2) is 8.78 Å². The first-order valence-electron chi connectivity index (χ1n) is 7.09. The molecule has 0 atom stereocenters. The minimum atomic E-state index is -0.865. The van der Waals surface area contributed by atoms with E-state index in [1.165, 1.54) is 6.07 Å². The Morgan fingerprint density at radius 2 is 2.04 bits per heavy atom. The zero-order valence-electron chi connectivity index (χ0n) is 12.3. The Kier molecular flexibility index (Phi) is 5.33. The smallest absolute Gasteiger partial charge is 0.252 e. The number of halogens is 3. The fourth-order valence-electron chi connectivity index (χ4n) is 2.75. The highest BCUT2D eigenvalue weighted by molar-refractivity contribution is 5.96. The molecule has 1 amide bonds. The molecule has 2 heterocycles. The first-order chi connectivity index (χ1) is 10.6. The summed E-state index contributed by atoms with van der Waals surface area (Å²) in [7, 11) is 0. The summed E-state index contributed by atoms with van der Waals surface area (Å²) in [4.78, 5) is 12.8. The quantitative estimate of drug-likeness (QED) is 0.900. The SMILES string of the molecule is Cl.O=C(Nc1ccc(F)cc1F)C1(n2cccn2)CCNCC1. The zero-order chi connectivity index (χ0) is 15.6. The Hall–Kier alpha value is -1.99. The van der Waals surface area contributed by atoms with Gasteiger partial charge in [0.15, 0.2) is 0 Å². The van der Waals surface area contributed by atoms with Gasteiger partial charge in [-0.05, 0) is 44.1 Å². The number of benzene rings is 1. The van der Waals surface area contributed by atoms with E-state index in [1.54, 1.807) is 23.1 Å². The van der Waals surface area contributed by atoms with Crippen LogP contribution in [-0.4, -0.2) is 28.8 Å². The number of rotatable bonds is 3.